The van der Waals surface area contributed by atoms with E-state index < -0.39 is 0 Å². The minimum atomic E-state index is 0.713. The second-order valence-electron chi connectivity index (χ2n) is 15.4. The Bertz CT molecular complexity index is 2930. The van der Waals surface area contributed by atoms with Crippen LogP contribution in [0.1, 0.15) is 48.9 Å². The van der Waals surface area contributed by atoms with Gasteiger partial charge < -0.3 is 0 Å². The molecular weight excluding hydrogens is 713 g/mol. The van der Waals surface area contributed by atoms with Gasteiger partial charge in [0.1, 0.15) is 0 Å². The molecule has 2 nitrogen and oxygen atoms in total. The number of benzene rings is 6. The van der Waals surface area contributed by atoms with Gasteiger partial charge in [-0.2, -0.15) is 0 Å². The van der Waals surface area contributed by atoms with Crippen molar-refractivity contribution in [3.05, 3.63) is 234 Å². The fourth-order valence-corrected chi connectivity index (χ4v) is 8.82. The fourth-order valence-electron chi connectivity index (χ4n) is 8.82. The van der Waals surface area contributed by atoms with E-state index in [1.54, 1.807) is 0 Å². The molecule has 1 heterocycles. The van der Waals surface area contributed by atoms with Crippen molar-refractivity contribution in [2.45, 2.75) is 32.1 Å². The van der Waals surface area contributed by atoms with Crippen LogP contribution < -0.4 is 0 Å². The number of nitrogens with zero attached hydrogens (tertiary/aromatic N) is 2. The maximum absolute atomic E-state index is 5.35. The van der Waals surface area contributed by atoms with Crippen molar-refractivity contribution < 1.29 is 0 Å². The van der Waals surface area contributed by atoms with Crippen molar-refractivity contribution in [3.8, 4) is 44.9 Å². The Labute approximate surface area is 347 Å². The summed E-state index contributed by atoms with van der Waals surface area (Å²) in [7, 11) is 0. The van der Waals surface area contributed by atoms with Crippen molar-refractivity contribution in [1.29, 1.82) is 0 Å². The van der Waals surface area contributed by atoms with E-state index in [2.05, 4.69) is 200 Å². The summed E-state index contributed by atoms with van der Waals surface area (Å²) >= 11 is 0. The highest BCUT2D eigenvalue weighted by Gasteiger charge is 2.21. The van der Waals surface area contributed by atoms with E-state index in [9.17, 15) is 0 Å². The predicted molar refractivity (Wildman–Crippen MR) is 249 cm³/mol. The molecule has 1 aromatic heterocycles. The van der Waals surface area contributed by atoms with Crippen molar-refractivity contribution in [2.24, 2.45) is 0 Å². The monoisotopic (exact) mass is 756 g/mol. The van der Waals surface area contributed by atoms with Crippen molar-refractivity contribution in [3.63, 3.8) is 0 Å². The molecule has 10 rings (SSSR count). The first-order chi connectivity index (χ1) is 29.3. The van der Waals surface area contributed by atoms with Gasteiger partial charge >= 0.3 is 0 Å². The van der Waals surface area contributed by atoms with Gasteiger partial charge in [0, 0.05) is 11.1 Å². The van der Waals surface area contributed by atoms with Crippen LogP contribution in [0.5, 0.6) is 0 Å². The van der Waals surface area contributed by atoms with Gasteiger partial charge in [-0.3, -0.25) is 0 Å². The van der Waals surface area contributed by atoms with Gasteiger partial charge in [-0.25, -0.2) is 9.97 Å². The molecule has 6 aromatic carbocycles. The standard InChI is InChI=1S/C57H44N2/c1-4-19-40(20-5-1)41-26-18-27-43(36-35-41)55-39-56(59-57(58-55)44-23-8-3-9-24-44)54-38-46(37-45-25-10-11-29-48(45)54)49-30-13-15-32-51(49)53-34-17-16-33-52(53)50-31-14-12-28-47(50)42-21-6-2-7-22-42/h1-6,8-11,13-17,19-21,23-27,29-39H,7,12,18,22,28H2. The predicted octanol–water partition coefficient (Wildman–Crippen LogP) is 15.1. The molecule has 0 saturated carbocycles. The second-order valence-corrected chi connectivity index (χ2v) is 15.4. The summed E-state index contributed by atoms with van der Waals surface area (Å²) in [5, 5.41) is 2.33. The Kier molecular flexibility index (Phi) is 10.0. The van der Waals surface area contributed by atoms with Gasteiger partial charge in [0.2, 0.25) is 0 Å². The Morgan fingerprint density at radius 3 is 1.88 bits per heavy atom. The lowest BCUT2D eigenvalue weighted by Gasteiger charge is -2.23. The van der Waals surface area contributed by atoms with Crippen LogP contribution in [0.3, 0.4) is 0 Å². The molecule has 0 bridgehead atoms. The summed E-state index contributed by atoms with van der Waals surface area (Å²) in [6.07, 6.45) is 25.7. The van der Waals surface area contributed by atoms with Crippen LogP contribution in [-0.2, 0) is 0 Å². The third-order valence-electron chi connectivity index (χ3n) is 11.7. The number of fused-ring (bicyclic) bond motifs is 1. The molecule has 0 aliphatic heterocycles. The average molecular weight is 757 g/mol. The third-order valence-corrected chi connectivity index (χ3v) is 11.7. The van der Waals surface area contributed by atoms with E-state index in [1.165, 1.54) is 55.5 Å². The lowest BCUT2D eigenvalue weighted by Crippen LogP contribution is -2.02. The topological polar surface area (TPSA) is 25.8 Å². The van der Waals surface area contributed by atoms with E-state index >= 15 is 0 Å². The Hall–Kier alpha value is -7.16. The summed E-state index contributed by atoms with van der Waals surface area (Å²) in [6.45, 7) is 0. The zero-order valence-corrected chi connectivity index (χ0v) is 33.1. The molecule has 3 aliphatic carbocycles. The molecule has 282 valence electrons. The van der Waals surface area contributed by atoms with E-state index in [4.69, 9.17) is 9.97 Å². The van der Waals surface area contributed by atoms with E-state index in [0.29, 0.717) is 5.82 Å². The summed E-state index contributed by atoms with van der Waals surface area (Å²) in [5.74, 6) is 0.713. The summed E-state index contributed by atoms with van der Waals surface area (Å²) in [5.41, 5.74) is 17.8. The van der Waals surface area contributed by atoms with E-state index in [-0.39, 0.29) is 0 Å². The zero-order valence-electron chi connectivity index (χ0n) is 33.1. The number of hydrogen-bond donors (Lipinski definition) is 0. The molecular formula is C57H44N2. The van der Waals surface area contributed by atoms with Crippen LogP contribution >= 0.6 is 0 Å². The zero-order chi connectivity index (χ0) is 39.4. The second kappa shape index (κ2) is 16.4. The minimum absolute atomic E-state index is 0.713. The van der Waals surface area contributed by atoms with Gasteiger partial charge in [-0.1, -0.05) is 188 Å². The summed E-state index contributed by atoms with van der Waals surface area (Å²) in [4.78, 5) is 10.6. The lowest BCUT2D eigenvalue weighted by molar-refractivity contribution is 0.902. The summed E-state index contributed by atoms with van der Waals surface area (Å²) in [6, 6.07) is 54.4. The van der Waals surface area contributed by atoms with E-state index in [0.717, 1.165) is 71.1 Å². The van der Waals surface area contributed by atoms with Crippen LogP contribution in [0, 0.1) is 0 Å². The van der Waals surface area contributed by atoms with Gasteiger partial charge in [-0.05, 0) is 122 Å². The molecule has 0 fully saturated rings. The number of hydrogen-bond acceptors (Lipinski definition) is 2. The van der Waals surface area contributed by atoms with Crippen molar-refractivity contribution in [1.82, 2.24) is 9.97 Å². The van der Waals surface area contributed by atoms with Crippen LogP contribution in [0.25, 0.3) is 72.4 Å². The highest BCUT2D eigenvalue weighted by atomic mass is 14.9. The molecule has 0 N–H and O–H groups in total. The number of allylic oxidation sites excluding steroid dienone is 14. The highest BCUT2D eigenvalue weighted by molar-refractivity contribution is 6.02. The van der Waals surface area contributed by atoms with Gasteiger partial charge in [0.05, 0.1) is 11.4 Å². The molecule has 59 heavy (non-hydrogen) atoms. The molecule has 2 heteroatoms. The first-order valence-corrected chi connectivity index (χ1v) is 20.8. The molecule has 0 saturated heterocycles. The minimum Gasteiger partial charge on any atom is -0.228 e. The molecule has 0 amide bonds. The molecule has 0 unspecified atom stereocenters. The quantitative estimate of drug-likeness (QED) is 0.154. The third kappa shape index (κ3) is 7.42. The van der Waals surface area contributed by atoms with Crippen molar-refractivity contribution >= 4 is 27.5 Å². The maximum Gasteiger partial charge on any atom is 0.160 e. The fraction of sp³-hybridized carbons (Fsp3) is 0.0877. The molecule has 7 aromatic rings. The smallest absolute Gasteiger partial charge is 0.160 e. The van der Waals surface area contributed by atoms with Gasteiger partial charge in [0.15, 0.2) is 5.82 Å². The lowest BCUT2D eigenvalue weighted by atomic mass is 9.81. The Balaban J connectivity index is 1.13. The first-order valence-electron chi connectivity index (χ1n) is 20.8. The van der Waals surface area contributed by atoms with Gasteiger partial charge in [-0.15, -0.1) is 0 Å². The van der Waals surface area contributed by atoms with Crippen LogP contribution in [0.2, 0.25) is 0 Å². The maximum atomic E-state index is 5.35. The van der Waals surface area contributed by atoms with Crippen molar-refractivity contribution in [2.75, 3.05) is 0 Å². The SMILES string of the molecule is C1=CCCC(C2=C(c3ccccc3-c3ccccc3-c3cc(-c4cc(C5=CCC=C(c6ccccc6)C=C5)nc(-c5ccccc5)n4)c4ccccc4c3)C=CCC2)=C1. The summed E-state index contributed by atoms with van der Waals surface area (Å²) < 4.78 is 0. The van der Waals surface area contributed by atoms with Crippen LogP contribution in [0.15, 0.2) is 217 Å². The molecule has 0 atom stereocenters. The van der Waals surface area contributed by atoms with Crippen LogP contribution in [-0.4, -0.2) is 9.97 Å². The molecule has 0 radical (unpaired) electrons. The van der Waals surface area contributed by atoms with Crippen LogP contribution in [0.4, 0.5) is 0 Å². The van der Waals surface area contributed by atoms with E-state index in [1.807, 2.05) is 6.07 Å². The number of aromatic nitrogens is 2. The number of rotatable bonds is 8. The average Bonchev–Trinajstić information content (AvgIpc) is 3.59. The van der Waals surface area contributed by atoms with Gasteiger partial charge in [0.25, 0.3) is 0 Å². The Morgan fingerprint density at radius 2 is 1.08 bits per heavy atom. The Morgan fingerprint density at radius 1 is 0.441 bits per heavy atom. The molecule has 3 aliphatic rings. The normalized spacial score (nSPS) is 15.2. The first kappa shape index (κ1) is 36.2. The molecule has 0 spiro atoms. The largest absolute Gasteiger partial charge is 0.228 e. The highest BCUT2D eigenvalue weighted by Crippen LogP contribution is 2.43.